The number of aromatic nitrogens is 2. The van der Waals surface area contributed by atoms with Gasteiger partial charge in [-0.25, -0.2) is 0 Å². The summed E-state index contributed by atoms with van der Waals surface area (Å²) in [4.78, 5) is 14.7. The summed E-state index contributed by atoms with van der Waals surface area (Å²) in [5, 5.41) is 6.14. The first-order valence-electron chi connectivity index (χ1n) is 3.96. The van der Waals surface area contributed by atoms with E-state index in [9.17, 15) is 4.79 Å². The predicted molar refractivity (Wildman–Crippen MR) is 56.5 cm³/mol. The molecule has 0 aliphatic heterocycles. The van der Waals surface area contributed by atoms with Crippen molar-refractivity contribution in [1.82, 2.24) is 9.78 Å². The summed E-state index contributed by atoms with van der Waals surface area (Å²) in [6.45, 7) is 5.85. The normalized spacial score (nSPS) is 9.21. The highest BCUT2D eigenvalue weighted by Gasteiger charge is 2.11. The number of carbonyl (C=O) groups excluding carboxylic acids is 1. The maximum absolute atomic E-state index is 11.4. The third-order valence-electron chi connectivity index (χ3n) is 1.57. The van der Waals surface area contributed by atoms with Gasteiger partial charge in [-0.2, -0.15) is 10.1 Å². The number of isothiocyanates is 1. The molecule has 5 heteroatoms. The van der Waals surface area contributed by atoms with Crippen LogP contribution in [0.1, 0.15) is 16.2 Å². The number of carbonyl (C=O) groups is 1. The first-order chi connectivity index (χ1) is 6.69. The van der Waals surface area contributed by atoms with E-state index >= 15 is 0 Å². The van der Waals surface area contributed by atoms with Crippen LogP contribution in [-0.4, -0.2) is 20.8 Å². The Morgan fingerprint density at radius 1 is 1.93 bits per heavy atom. The molecule has 1 amide bonds. The summed E-state index contributed by atoms with van der Waals surface area (Å²) in [6.07, 6.45) is 1.66. The molecule has 4 nitrogen and oxygen atoms in total. The van der Waals surface area contributed by atoms with Crippen molar-refractivity contribution < 1.29 is 4.79 Å². The lowest BCUT2D eigenvalue weighted by Crippen LogP contribution is -2.07. The minimum atomic E-state index is -0.428. The molecule has 0 atom stereocenters. The van der Waals surface area contributed by atoms with Gasteiger partial charge in [0, 0.05) is 0 Å². The highest BCUT2D eigenvalue weighted by Crippen LogP contribution is 2.05. The molecule has 0 saturated carbocycles. The zero-order valence-electron chi connectivity index (χ0n) is 7.73. The van der Waals surface area contributed by atoms with Gasteiger partial charge in [0.05, 0.1) is 17.4 Å². The Balaban J connectivity index is 3.11. The monoisotopic (exact) mass is 207 g/mol. The van der Waals surface area contributed by atoms with Crippen molar-refractivity contribution in [3.63, 3.8) is 0 Å². The minimum absolute atomic E-state index is 0.403. The molecule has 0 unspecified atom stereocenters. The van der Waals surface area contributed by atoms with E-state index in [4.69, 9.17) is 0 Å². The molecule has 14 heavy (non-hydrogen) atoms. The Labute approximate surface area is 87.0 Å². The summed E-state index contributed by atoms with van der Waals surface area (Å²) in [7, 11) is 0. The Hall–Kier alpha value is -1.58. The maximum Gasteiger partial charge on any atom is 0.304 e. The van der Waals surface area contributed by atoms with Gasteiger partial charge < -0.3 is 0 Å². The maximum atomic E-state index is 11.4. The van der Waals surface area contributed by atoms with E-state index in [0.717, 1.165) is 5.69 Å². The number of allylic oxidation sites excluding steroid dienone is 1. The van der Waals surface area contributed by atoms with Crippen LogP contribution < -0.4 is 0 Å². The zero-order valence-corrected chi connectivity index (χ0v) is 8.54. The van der Waals surface area contributed by atoms with Crippen molar-refractivity contribution in [1.29, 1.82) is 0 Å². The fourth-order valence-corrected chi connectivity index (χ4v) is 1.16. The third-order valence-corrected chi connectivity index (χ3v) is 1.66. The number of aryl methyl sites for hydroxylation is 1. The molecule has 1 rings (SSSR count). The summed E-state index contributed by atoms with van der Waals surface area (Å²) in [6, 6.07) is 1.65. The van der Waals surface area contributed by atoms with Crippen molar-refractivity contribution in [3.05, 3.63) is 30.1 Å². The lowest BCUT2D eigenvalue weighted by Gasteiger charge is -1.98. The summed E-state index contributed by atoms with van der Waals surface area (Å²) < 4.78 is 1.53. The Bertz CT molecular complexity index is 416. The lowest BCUT2D eigenvalue weighted by atomic mass is 10.3. The van der Waals surface area contributed by atoms with Gasteiger partial charge in [-0.1, -0.05) is 6.08 Å². The van der Waals surface area contributed by atoms with Gasteiger partial charge in [0.2, 0.25) is 0 Å². The number of nitrogens with zero attached hydrogens (tertiary/aromatic N) is 3. The molecule has 1 aromatic heterocycles. The Kier molecular flexibility index (Phi) is 3.45. The van der Waals surface area contributed by atoms with Crippen LogP contribution in [0, 0.1) is 6.92 Å². The molecule has 0 aliphatic carbocycles. The smallest absolute Gasteiger partial charge is 0.264 e. The summed E-state index contributed by atoms with van der Waals surface area (Å²) in [5.74, 6) is -0.428. The van der Waals surface area contributed by atoms with Crippen molar-refractivity contribution in [2.75, 3.05) is 0 Å². The summed E-state index contributed by atoms with van der Waals surface area (Å²) in [5.41, 5.74) is 1.16. The average Bonchev–Trinajstić information content (AvgIpc) is 2.48. The topological polar surface area (TPSA) is 47.2 Å². The minimum Gasteiger partial charge on any atom is -0.264 e. The molecule has 0 spiro atoms. The van der Waals surface area contributed by atoms with E-state index < -0.39 is 5.91 Å². The third kappa shape index (κ3) is 2.22. The quantitative estimate of drug-likeness (QED) is 0.430. The highest BCUT2D eigenvalue weighted by atomic mass is 32.1. The molecule has 1 heterocycles. The van der Waals surface area contributed by atoms with E-state index in [1.807, 2.05) is 5.16 Å². The molecule has 1 aromatic rings. The SMILES string of the molecule is C=CCn1nc(C)cc1C(=O)N=C=S. The largest absolute Gasteiger partial charge is 0.304 e. The van der Waals surface area contributed by atoms with Gasteiger partial charge in [0.15, 0.2) is 0 Å². The van der Waals surface area contributed by atoms with E-state index in [2.05, 4.69) is 28.9 Å². The number of hydrogen-bond donors (Lipinski definition) is 0. The molecule has 0 aromatic carbocycles. The van der Waals surface area contributed by atoms with Crippen molar-refractivity contribution >= 4 is 23.3 Å². The van der Waals surface area contributed by atoms with Crippen LogP contribution in [0.15, 0.2) is 23.7 Å². The van der Waals surface area contributed by atoms with Crippen molar-refractivity contribution in [2.24, 2.45) is 4.99 Å². The van der Waals surface area contributed by atoms with Crippen LogP contribution >= 0.6 is 12.2 Å². The van der Waals surface area contributed by atoms with Crippen molar-refractivity contribution in [3.8, 4) is 0 Å². The van der Waals surface area contributed by atoms with Gasteiger partial charge >= 0.3 is 5.91 Å². The number of rotatable bonds is 3. The molecular weight excluding hydrogens is 198 g/mol. The molecule has 0 aliphatic rings. The van der Waals surface area contributed by atoms with Gasteiger partial charge in [-0.3, -0.25) is 9.48 Å². The van der Waals surface area contributed by atoms with Crippen LogP contribution in [0.5, 0.6) is 0 Å². The lowest BCUT2D eigenvalue weighted by molar-refractivity contribution is 0.0994. The molecule has 0 saturated heterocycles. The number of thiocarbonyl (C=S) groups is 1. The Morgan fingerprint density at radius 2 is 2.64 bits per heavy atom. The zero-order chi connectivity index (χ0) is 10.6. The van der Waals surface area contributed by atoms with Crippen LogP contribution in [-0.2, 0) is 6.54 Å². The molecular formula is C9H9N3OS. The first-order valence-corrected chi connectivity index (χ1v) is 4.37. The van der Waals surface area contributed by atoms with Gasteiger partial charge in [0.1, 0.15) is 5.69 Å². The molecule has 0 radical (unpaired) electrons. The molecule has 0 bridgehead atoms. The Morgan fingerprint density at radius 3 is 3.21 bits per heavy atom. The fraction of sp³-hybridized carbons (Fsp3) is 0.222. The number of aliphatic imine (C=N–C) groups is 1. The molecule has 0 fully saturated rings. The second kappa shape index (κ2) is 4.60. The number of amides is 1. The number of hydrogen-bond acceptors (Lipinski definition) is 3. The van der Waals surface area contributed by atoms with E-state index in [-0.39, 0.29) is 0 Å². The van der Waals surface area contributed by atoms with Crippen LogP contribution in [0.25, 0.3) is 0 Å². The van der Waals surface area contributed by atoms with E-state index in [1.54, 1.807) is 19.1 Å². The van der Waals surface area contributed by atoms with Crippen LogP contribution in [0.3, 0.4) is 0 Å². The first kappa shape index (κ1) is 10.5. The summed E-state index contributed by atoms with van der Waals surface area (Å²) >= 11 is 4.36. The predicted octanol–water partition coefficient (Wildman–Crippen LogP) is 1.62. The fourth-order valence-electron chi connectivity index (χ4n) is 1.08. The van der Waals surface area contributed by atoms with E-state index in [0.29, 0.717) is 12.2 Å². The van der Waals surface area contributed by atoms with Gasteiger partial charge in [-0.05, 0) is 25.2 Å². The van der Waals surface area contributed by atoms with E-state index in [1.165, 1.54) is 4.68 Å². The standard InChI is InChI=1S/C9H9N3OS/c1-3-4-12-8(5-7(2)11-12)9(13)10-6-14/h3,5H,1,4H2,2H3. The van der Waals surface area contributed by atoms with Crippen molar-refractivity contribution in [2.45, 2.75) is 13.5 Å². The average molecular weight is 207 g/mol. The van der Waals surface area contributed by atoms with Crippen LogP contribution in [0.2, 0.25) is 0 Å². The van der Waals surface area contributed by atoms with Gasteiger partial charge in [0.25, 0.3) is 0 Å². The highest BCUT2D eigenvalue weighted by molar-refractivity contribution is 7.78. The second-order valence-corrected chi connectivity index (χ2v) is 2.83. The molecule has 0 N–H and O–H groups in total. The van der Waals surface area contributed by atoms with Gasteiger partial charge in [-0.15, -0.1) is 6.58 Å². The van der Waals surface area contributed by atoms with Crippen LogP contribution in [0.4, 0.5) is 0 Å². The molecule has 72 valence electrons. The second-order valence-electron chi connectivity index (χ2n) is 2.65.